The molecule has 0 amide bonds. The number of carbonyl (C=O) groups excluding carboxylic acids is 6. The van der Waals surface area contributed by atoms with Gasteiger partial charge >= 0.3 is 35.8 Å². The Labute approximate surface area is 244 Å². The lowest BCUT2D eigenvalue weighted by atomic mass is 9.96. The highest BCUT2D eigenvalue weighted by Crippen LogP contribution is 2.35. The summed E-state index contributed by atoms with van der Waals surface area (Å²) < 4.78 is 48.9. The SMILES string of the molecule is CC(=O)OC[C@H]1O[C@@H](O[C@H]2[C@H](OC(C)=O)[C@@H](N=O)[C@@H](Cl)O[C@@H]2COC(C)=O)[C@H](OC(C)=O)[C@@H](OC(C)=O)[C@H]1OC(C)=O. The van der Waals surface area contributed by atoms with Gasteiger partial charge < -0.3 is 42.6 Å². The van der Waals surface area contributed by atoms with E-state index in [1.165, 1.54) is 0 Å². The van der Waals surface area contributed by atoms with E-state index in [9.17, 15) is 33.7 Å². The molecule has 0 radical (unpaired) electrons. The Morgan fingerprint density at radius 2 is 1.02 bits per heavy atom. The zero-order valence-electron chi connectivity index (χ0n) is 23.5. The number of esters is 6. The number of halogens is 1. The molecule has 0 aromatic rings. The van der Waals surface area contributed by atoms with E-state index in [1.807, 2.05) is 0 Å². The normalized spacial score (nSPS) is 32.5. The Morgan fingerprint density at radius 3 is 1.48 bits per heavy atom. The van der Waals surface area contributed by atoms with Crippen molar-refractivity contribution in [2.75, 3.05) is 13.2 Å². The van der Waals surface area contributed by atoms with Crippen LogP contribution in [0.15, 0.2) is 5.18 Å². The molecule has 0 aromatic carbocycles. The Balaban J connectivity index is 2.62. The van der Waals surface area contributed by atoms with Crippen molar-refractivity contribution in [3.05, 3.63) is 4.91 Å². The Morgan fingerprint density at radius 1 is 0.595 bits per heavy atom. The monoisotopic (exact) mass is 625 g/mol. The summed E-state index contributed by atoms with van der Waals surface area (Å²) in [7, 11) is 0. The second-order valence-corrected chi connectivity index (χ2v) is 9.60. The number of nitrogens with zero attached hydrogens (tertiary/aromatic N) is 1. The van der Waals surface area contributed by atoms with E-state index >= 15 is 0 Å². The Bertz CT molecular complexity index is 1040. The number of carbonyl (C=O) groups is 6. The molecule has 0 aliphatic carbocycles. The molecular formula is C24H32ClNO16. The van der Waals surface area contributed by atoms with Crippen molar-refractivity contribution in [3.63, 3.8) is 0 Å². The van der Waals surface area contributed by atoms with Gasteiger partial charge in [0.05, 0.1) is 0 Å². The molecule has 18 heteroatoms. The van der Waals surface area contributed by atoms with Gasteiger partial charge in [-0.25, -0.2) is 0 Å². The smallest absolute Gasteiger partial charge is 0.303 e. The fraction of sp³-hybridized carbons (Fsp3) is 0.750. The summed E-state index contributed by atoms with van der Waals surface area (Å²) in [5.74, 6) is -4.98. The van der Waals surface area contributed by atoms with E-state index in [-0.39, 0.29) is 0 Å². The summed E-state index contributed by atoms with van der Waals surface area (Å²) in [6, 6.07) is -1.54. The Kier molecular flexibility index (Phi) is 13.0. The van der Waals surface area contributed by atoms with Crippen molar-refractivity contribution < 1.29 is 71.4 Å². The van der Waals surface area contributed by atoms with Crippen LogP contribution < -0.4 is 0 Å². The fourth-order valence-corrected chi connectivity index (χ4v) is 4.59. The van der Waals surface area contributed by atoms with Crippen molar-refractivity contribution in [1.29, 1.82) is 0 Å². The zero-order chi connectivity index (χ0) is 31.7. The van der Waals surface area contributed by atoms with Gasteiger partial charge in [-0.3, -0.25) is 28.8 Å². The van der Waals surface area contributed by atoms with Crippen LogP contribution in [0.5, 0.6) is 0 Å². The van der Waals surface area contributed by atoms with Gasteiger partial charge in [0.1, 0.15) is 31.5 Å². The summed E-state index contributed by atoms with van der Waals surface area (Å²) in [5.41, 5.74) is -1.46. The van der Waals surface area contributed by atoms with E-state index in [2.05, 4.69) is 5.18 Å². The van der Waals surface area contributed by atoms with Crippen molar-refractivity contribution in [1.82, 2.24) is 0 Å². The molecule has 2 aliphatic rings. The minimum absolute atomic E-state index is 0.516. The van der Waals surface area contributed by atoms with Crippen LogP contribution in [-0.4, -0.2) is 110 Å². The largest absolute Gasteiger partial charge is 0.463 e. The van der Waals surface area contributed by atoms with Gasteiger partial charge in [0.2, 0.25) is 0 Å². The van der Waals surface area contributed by atoms with Crippen LogP contribution in [0.1, 0.15) is 41.5 Å². The molecule has 0 N–H and O–H groups in total. The standard InChI is InChI=1S/C24H32ClNO16/c1-9(27)34-7-15-18(20(37-12(4)30)17(26-33)23(25)40-15)42-24-22(39-14(6)32)21(38-13(5)31)19(36-11(3)29)16(41-24)8-35-10(2)28/h15-24H,7-8H2,1-6H3/t15-,16-,17-,18-,19+,20-,21+,22-,23+,24+/m1/s1. The molecule has 42 heavy (non-hydrogen) atoms. The van der Waals surface area contributed by atoms with E-state index < -0.39 is 110 Å². The molecule has 0 bridgehead atoms. The lowest BCUT2D eigenvalue weighted by Gasteiger charge is -2.47. The van der Waals surface area contributed by atoms with Crippen molar-refractivity contribution in [2.24, 2.45) is 5.18 Å². The molecular weight excluding hydrogens is 594 g/mol. The summed E-state index contributed by atoms with van der Waals surface area (Å²) in [5, 5.41) is 2.88. The fourth-order valence-electron chi connectivity index (χ4n) is 4.27. The molecule has 2 aliphatic heterocycles. The predicted octanol–water partition coefficient (Wildman–Crippen LogP) is 0.0482. The van der Waals surface area contributed by atoms with Crippen LogP contribution in [-0.2, 0) is 71.4 Å². The van der Waals surface area contributed by atoms with Crippen LogP contribution in [0.25, 0.3) is 0 Å². The summed E-state index contributed by atoms with van der Waals surface area (Å²) in [6.07, 6.45) is -12.2. The maximum absolute atomic E-state index is 12.1. The predicted molar refractivity (Wildman–Crippen MR) is 133 cm³/mol. The molecule has 2 saturated heterocycles. The first kappa shape index (κ1) is 34.8. The number of rotatable bonds is 11. The highest BCUT2D eigenvalue weighted by molar-refractivity contribution is 6.20. The van der Waals surface area contributed by atoms with Crippen LogP contribution in [0.2, 0.25) is 0 Å². The molecule has 2 heterocycles. The number of nitroso groups, excluding NO2 is 1. The van der Waals surface area contributed by atoms with E-state index in [4.69, 9.17) is 54.2 Å². The van der Waals surface area contributed by atoms with Gasteiger partial charge in [-0.15, -0.1) is 0 Å². The first-order chi connectivity index (χ1) is 19.6. The van der Waals surface area contributed by atoms with Gasteiger partial charge in [-0.1, -0.05) is 16.8 Å². The lowest BCUT2D eigenvalue weighted by Crippen LogP contribution is -2.66. The molecule has 2 fully saturated rings. The average molecular weight is 626 g/mol. The van der Waals surface area contributed by atoms with Gasteiger partial charge in [-0.05, 0) is 0 Å². The van der Waals surface area contributed by atoms with Gasteiger partial charge in [-0.2, -0.15) is 4.91 Å². The molecule has 0 aromatic heterocycles. The van der Waals surface area contributed by atoms with Crippen LogP contribution in [0.3, 0.4) is 0 Å². The molecule has 17 nitrogen and oxygen atoms in total. The van der Waals surface area contributed by atoms with Gasteiger partial charge in [0.25, 0.3) is 0 Å². The number of hydrogen-bond donors (Lipinski definition) is 0. The van der Waals surface area contributed by atoms with Gasteiger partial charge in [0, 0.05) is 41.5 Å². The first-order valence-corrected chi connectivity index (χ1v) is 13.0. The number of alkyl halides is 1. The zero-order valence-corrected chi connectivity index (χ0v) is 24.3. The average Bonchev–Trinajstić information content (AvgIpc) is 2.85. The summed E-state index contributed by atoms with van der Waals surface area (Å²) in [6.45, 7) is 5.28. The van der Waals surface area contributed by atoms with Gasteiger partial charge in [0.15, 0.2) is 42.3 Å². The summed E-state index contributed by atoms with van der Waals surface area (Å²) >= 11 is 6.16. The molecule has 0 saturated carbocycles. The van der Waals surface area contributed by atoms with Crippen LogP contribution in [0.4, 0.5) is 0 Å². The van der Waals surface area contributed by atoms with E-state index in [1.54, 1.807) is 0 Å². The highest BCUT2D eigenvalue weighted by atomic mass is 35.5. The van der Waals surface area contributed by atoms with Crippen LogP contribution >= 0.6 is 11.6 Å². The second-order valence-electron chi connectivity index (χ2n) is 9.17. The molecule has 0 spiro atoms. The van der Waals surface area contributed by atoms with Crippen molar-refractivity contribution in [3.8, 4) is 0 Å². The topological polar surface area (TPSA) is 215 Å². The molecule has 2 rings (SSSR count). The van der Waals surface area contributed by atoms with E-state index in [0.29, 0.717) is 0 Å². The third-order valence-electron chi connectivity index (χ3n) is 5.71. The quantitative estimate of drug-likeness (QED) is 0.128. The maximum atomic E-state index is 12.1. The molecule has 236 valence electrons. The lowest BCUT2D eigenvalue weighted by molar-refractivity contribution is -0.336. The third kappa shape index (κ3) is 9.85. The van der Waals surface area contributed by atoms with E-state index in [0.717, 1.165) is 41.5 Å². The summed E-state index contributed by atoms with van der Waals surface area (Å²) in [4.78, 5) is 82.9. The minimum atomic E-state index is -1.75. The Hall–Kier alpha value is -3.41. The number of ether oxygens (including phenoxy) is 9. The van der Waals surface area contributed by atoms with Crippen molar-refractivity contribution >= 4 is 47.4 Å². The van der Waals surface area contributed by atoms with Crippen molar-refractivity contribution in [2.45, 2.75) is 102 Å². The molecule has 0 unspecified atom stereocenters. The second kappa shape index (κ2) is 15.7. The van der Waals surface area contributed by atoms with Crippen LogP contribution in [0, 0.1) is 4.91 Å². The maximum Gasteiger partial charge on any atom is 0.303 e. The minimum Gasteiger partial charge on any atom is -0.463 e. The third-order valence-corrected chi connectivity index (χ3v) is 6.08. The first-order valence-electron chi connectivity index (χ1n) is 12.5. The molecule has 10 atom stereocenters. The highest BCUT2D eigenvalue weighted by Gasteiger charge is 2.56. The number of hydrogen-bond acceptors (Lipinski definition) is 17.